The molecule has 5 nitrogen and oxygen atoms in total. The predicted octanol–water partition coefficient (Wildman–Crippen LogP) is 2.27. The van der Waals surface area contributed by atoms with E-state index in [0.717, 1.165) is 0 Å². The van der Waals surface area contributed by atoms with Gasteiger partial charge in [0.1, 0.15) is 0 Å². The van der Waals surface area contributed by atoms with E-state index in [0.29, 0.717) is 12.4 Å². The van der Waals surface area contributed by atoms with Gasteiger partial charge in [-0.2, -0.15) is 0 Å². The molecule has 0 atom stereocenters. The van der Waals surface area contributed by atoms with Crippen LogP contribution in [0.3, 0.4) is 0 Å². The van der Waals surface area contributed by atoms with Gasteiger partial charge < -0.3 is 9.32 Å². The number of carbonyl (C=O) groups is 1. The number of rotatable bonds is 3. The monoisotopic (exact) mass is 239 g/mol. The van der Waals surface area contributed by atoms with Crippen LogP contribution in [0.1, 0.15) is 51.2 Å². The molecule has 0 unspecified atom stereocenters. The van der Waals surface area contributed by atoms with Crippen LogP contribution in [-0.2, 0) is 0 Å². The van der Waals surface area contributed by atoms with E-state index in [9.17, 15) is 4.79 Å². The SMILES string of the molecule is Cc1nnc(C(=O)N(CC(C)(C)C)C(C)C)o1. The summed E-state index contributed by atoms with van der Waals surface area (Å²) in [6.45, 7) is 12.6. The van der Waals surface area contributed by atoms with E-state index >= 15 is 0 Å². The lowest BCUT2D eigenvalue weighted by atomic mass is 9.95. The van der Waals surface area contributed by atoms with Crippen molar-refractivity contribution in [1.29, 1.82) is 0 Å². The summed E-state index contributed by atoms with van der Waals surface area (Å²) >= 11 is 0. The summed E-state index contributed by atoms with van der Waals surface area (Å²) in [6, 6.07) is 0.105. The normalized spacial score (nSPS) is 11.9. The van der Waals surface area contributed by atoms with E-state index in [1.165, 1.54) is 0 Å². The molecule has 0 N–H and O–H groups in total. The van der Waals surface area contributed by atoms with E-state index in [2.05, 4.69) is 31.0 Å². The molecule has 1 aromatic rings. The molecule has 0 saturated carbocycles. The average Bonchev–Trinajstić information content (AvgIpc) is 2.58. The summed E-state index contributed by atoms with van der Waals surface area (Å²) in [5.41, 5.74) is 0.0367. The summed E-state index contributed by atoms with van der Waals surface area (Å²) in [5.74, 6) is 0.281. The van der Waals surface area contributed by atoms with Crippen molar-refractivity contribution in [2.75, 3.05) is 6.54 Å². The fourth-order valence-electron chi connectivity index (χ4n) is 1.51. The maximum Gasteiger partial charge on any atom is 0.311 e. The van der Waals surface area contributed by atoms with Crippen molar-refractivity contribution < 1.29 is 9.21 Å². The van der Waals surface area contributed by atoms with Crippen molar-refractivity contribution in [3.8, 4) is 0 Å². The minimum atomic E-state index is -0.199. The zero-order valence-electron chi connectivity index (χ0n) is 11.4. The molecule has 5 heteroatoms. The number of aromatic nitrogens is 2. The van der Waals surface area contributed by atoms with Gasteiger partial charge in [-0.05, 0) is 19.3 Å². The number of hydrogen-bond acceptors (Lipinski definition) is 4. The minimum absolute atomic E-state index is 0.0367. The molecule has 0 spiro atoms. The summed E-state index contributed by atoms with van der Waals surface area (Å²) in [6.07, 6.45) is 0. The van der Waals surface area contributed by atoms with Crippen LogP contribution in [0.15, 0.2) is 4.42 Å². The third-order valence-electron chi connectivity index (χ3n) is 2.24. The quantitative estimate of drug-likeness (QED) is 0.812. The van der Waals surface area contributed by atoms with E-state index < -0.39 is 0 Å². The number of aryl methyl sites for hydroxylation is 1. The predicted molar refractivity (Wildman–Crippen MR) is 64.7 cm³/mol. The smallest absolute Gasteiger partial charge is 0.311 e. The molecule has 0 aromatic carbocycles. The Morgan fingerprint density at radius 1 is 1.35 bits per heavy atom. The summed E-state index contributed by atoms with van der Waals surface area (Å²) in [7, 11) is 0. The van der Waals surface area contributed by atoms with Gasteiger partial charge in [-0.3, -0.25) is 4.79 Å². The van der Waals surface area contributed by atoms with Crippen LogP contribution in [0.4, 0.5) is 0 Å². The van der Waals surface area contributed by atoms with Crippen LogP contribution in [-0.4, -0.2) is 33.6 Å². The van der Waals surface area contributed by atoms with Crippen LogP contribution in [0.25, 0.3) is 0 Å². The van der Waals surface area contributed by atoms with Gasteiger partial charge in [-0.1, -0.05) is 20.8 Å². The largest absolute Gasteiger partial charge is 0.417 e. The maximum atomic E-state index is 12.2. The molecule has 0 aliphatic heterocycles. The molecule has 1 aromatic heterocycles. The molecule has 1 rings (SSSR count). The zero-order chi connectivity index (χ0) is 13.2. The van der Waals surface area contributed by atoms with Gasteiger partial charge in [0.15, 0.2) is 0 Å². The molecule has 0 radical (unpaired) electrons. The van der Waals surface area contributed by atoms with Crippen molar-refractivity contribution in [1.82, 2.24) is 15.1 Å². The Morgan fingerprint density at radius 2 is 1.94 bits per heavy atom. The van der Waals surface area contributed by atoms with E-state index in [-0.39, 0.29) is 23.3 Å². The molecule has 0 fully saturated rings. The highest BCUT2D eigenvalue weighted by atomic mass is 16.4. The summed E-state index contributed by atoms with van der Waals surface area (Å²) in [4.78, 5) is 14.0. The van der Waals surface area contributed by atoms with Gasteiger partial charge in [-0.25, -0.2) is 0 Å². The maximum absolute atomic E-state index is 12.2. The number of hydrogen-bond donors (Lipinski definition) is 0. The zero-order valence-corrected chi connectivity index (χ0v) is 11.4. The average molecular weight is 239 g/mol. The van der Waals surface area contributed by atoms with Crippen LogP contribution in [0, 0.1) is 12.3 Å². The molecule has 0 aliphatic carbocycles. The Balaban J connectivity index is 2.88. The van der Waals surface area contributed by atoms with Gasteiger partial charge in [0, 0.05) is 19.5 Å². The van der Waals surface area contributed by atoms with E-state index in [1.807, 2.05) is 13.8 Å². The third-order valence-corrected chi connectivity index (χ3v) is 2.24. The van der Waals surface area contributed by atoms with Gasteiger partial charge >= 0.3 is 11.8 Å². The lowest BCUT2D eigenvalue weighted by Gasteiger charge is -2.32. The molecular weight excluding hydrogens is 218 g/mol. The minimum Gasteiger partial charge on any atom is -0.417 e. The first-order valence-electron chi connectivity index (χ1n) is 5.82. The summed E-state index contributed by atoms with van der Waals surface area (Å²) < 4.78 is 5.18. The number of amides is 1. The molecule has 96 valence electrons. The standard InChI is InChI=1S/C12H21N3O2/c1-8(2)15(7-12(4,5)6)11(16)10-14-13-9(3)17-10/h8H,7H2,1-6H3. The Kier molecular flexibility index (Phi) is 3.91. The second-order valence-corrected chi connectivity index (χ2v) is 5.71. The Hall–Kier alpha value is -1.39. The lowest BCUT2D eigenvalue weighted by molar-refractivity contribution is 0.0590. The first-order valence-corrected chi connectivity index (χ1v) is 5.82. The van der Waals surface area contributed by atoms with Crippen LogP contribution in [0.2, 0.25) is 0 Å². The second kappa shape index (κ2) is 4.85. The van der Waals surface area contributed by atoms with Crippen molar-refractivity contribution in [2.45, 2.75) is 47.6 Å². The first kappa shape index (κ1) is 13.7. The van der Waals surface area contributed by atoms with Gasteiger partial charge in [-0.15, -0.1) is 10.2 Å². The molecule has 17 heavy (non-hydrogen) atoms. The second-order valence-electron chi connectivity index (χ2n) is 5.71. The van der Waals surface area contributed by atoms with Crippen LogP contribution in [0.5, 0.6) is 0 Å². The molecule has 0 saturated heterocycles. The highest BCUT2D eigenvalue weighted by Gasteiger charge is 2.27. The van der Waals surface area contributed by atoms with Crippen LogP contribution < -0.4 is 0 Å². The Bertz CT molecular complexity index is 391. The Labute approximate surface area is 102 Å². The highest BCUT2D eigenvalue weighted by Crippen LogP contribution is 2.18. The molecule has 0 aliphatic rings. The van der Waals surface area contributed by atoms with E-state index in [4.69, 9.17) is 4.42 Å². The van der Waals surface area contributed by atoms with Crippen molar-refractivity contribution in [3.05, 3.63) is 11.8 Å². The first-order chi connectivity index (χ1) is 7.70. The Morgan fingerprint density at radius 3 is 2.29 bits per heavy atom. The van der Waals surface area contributed by atoms with E-state index in [1.54, 1.807) is 11.8 Å². The molecule has 1 heterocycles. The van der Waals surface area contributed by atoms with Crippen molar-refractivity contribution in [3.63, 3.8) is 0 Å². The molecule has 0 bridgehead atoms. The number of carbonyl (C=O) groups excluding carboxylic acids is 1. The van der Waals surface area contributed by atoms with Crippen molar-refractivity contribution >= 4 is 5.91 Å². The molecular formula is C12H21N3O2. The van der Waals surface area contributed by atoms with Crippen LogP contribution >= 0.6 is 0 Å². The fourth-order valence-corrected chi connectivity index (χ4v) is 1.51. The number of nitrogens with zero attached hydrogens (tertiary/aromatic N) is 3. The van der Waals surface area contributed by atoms with Gasteiger partial charge in [0.25, 0.3) is 0 Å². The highest BCUT2D eigenvalue weighted by molar-refractivity contribution is 5.89. The van der Waals surface area contributed by atoms with Gasteiger partial charge in [0.2, 0.25) is 5.89 Å². The third kappa shape index (κ3) is 3.84. The fraction of sp³-hybridized carbons (Fsp3) is 0.750. The summed E-state index contributed by atoms with van der Waals surface area (Å²) in [5, 5.41) is 7.45. The topological polar surface area (TPSA) is 59.2 Å². The van der Waals surface area contributed by atoms with Crippen molar-refractivity contribution in [2.24, 2.45) is 5.41 Å². The molecule has 1 amide bonds. The lowest BCUT2D eigenvalue weighted by Crippen LogP contribution is -2.42. The van der Waals surface area contributed by atoms with Gasteiger partial charge in [0.05, 0.1) is 0 Å².